The smallest absolute Gasteiger partial charge is 0.130 e. The van der Waals surface area contributed by atoms with Gasteiger partial charge in [-0.25, -0.2) is 0 Å². The zero-order chi connectivity index (χ0) is 23.3. The SMILES string of the molecule is CC1=CC(=C(c2cc(C)c(CN)c(C)c2)c2c(Cl)cccc2Cl)C=C(C)C1=N.N#CS. The minimum atomic E-state index is 0.506. The third-order valence-corrected chi connectivity index (χ3v) is 5.85. The van der Waals surface area contributed by atoms with E-state index >= 15 is 0 Å². The van der Waals surface area contributed by atoms with E-state index in [0.717, 1.165) is 50.1 Å². The van der Waals surface area contributed by atoms with Crippen LogP contribution in [0.4, 0.5) is 0 Å². The molecule has 1 aliphatic carbocycles. The fourth-order valence-corrected chi connectivity index (χ4v) is 4.35. The van der Waals surface area contributed by atoms with Gasteiger partial charge < -0.3 is 11.1 Å². The van der Waals surface area contributed by atoms with Gasteiger partial charge in [-0.3, -0.25) is 0 Å². The van der Waals surface area contributed by atoms with Crippen LogP contribution in [0.25, 0.3) is 5.57 Å². The number of thiocyanates is 1. The Bertz CT molecular complexity index is 1100. The number of hydrogen-bond donors (Lipinski definition) is 3. The van der Waals surface area contributed by atoms with Gasteiger partial charge in [0.05, 0.1) is 5.71 Å². The number of nitriles is 1. The van der Waals surface area contributed by atoms with Crippen LogP contribution in [0.15, 0.2) is 59.2 Å². The Labute approximate surface area is 199 Å². The van der Waals surface area contributed by atoms with Crippen molar-refractivity contribution in [3.63, 3.8) is 0 Å². The molecule has 0 amide bonds. The number of thiol groups is 1. The van der Waals surface area contributed by atoms with Crippen molar-refractivity contribution in [2.24, 2.45) is 5.73 Å². The average Bonchev–Trinajstić information content (AvgIpc) is 2.69. The molecule has 0 spiro atoms. The summed E-state index contributed by atoms with van der Waals surface area (Å²) in [5.41, 5.74) is 15.6. The third-order valence-electron chi connectivity index (χ3n) is 5.22. The lowest BCUT2D eigenvalue weighted by atomic mass is 9.85. The highest BCUT2D eigenvalue weighted by Crippen LogP contribution is 2.40. The molecule has 31 heavy (non-hydrogen) atoms. The molecule has 3 rings (SSSR count). The predicted molar refractivity (Wildman–Crippen MR) is 136 cm³/mol. The maximum absolute atomic E-state index is 8.22. The quantitative estimate of drug-likeness (QED) is 0.328. The minimum absolute atomic E-state index is 0.506. The highest BCUT2D eigenvalue weighted by atomic mass is 35.5. The molecule has 2 aromatic carbocycles. The van der Waals surface area contributed by atoms with Crippen LogP contribution in [0.5, 0.6) is 0 Å². The first kappa shape index (κ1) is 25.0. The molecule has 2 aromatic rings. The molecule has 0 heterocycles. The van der Waals surface area contributed by atoms with Crippen LogP contribution < -0.4 is 5.73 Å². The van der Waals surface area contributed by atoms with Gasteiger partial charge in [-0.2, -0.15) is 5.26 Å². The first-order chi connectivity index (χ1) is 14.7. The Hall–Kier alpha value is -2.29. The van der Waals surface area contributed by atoms with Crippen molar-refractivity contribution < 1.29 is 0 Å². The molecule has 0 saturated heterocycles. The zero-order valence-electron chi connectivity index (χ0n) is 18.0. The van der Waals surface area contributed by atoms with Crippen LogP contribution in [-0.4, -0.2) is 5.71 Å². The van der Waals surface area contributed by atoms with Gasteiger partial charge >= 0.3 is 0 Å². The third kappa shape index (κ3) is 5.50. The lowest BCUT2D eigenvalue weighted by Crippen LogP contribution is -2.08. The maximum atomic E-state index is 8.22. The minimum Gasteiger partial charge on any atom is -0.326 e. The zero-order valence-corrected chi connectivity index (χ0v) is 20.4. The van der Waals surface area contributed by atoms with Crippen molar-refractivity contribution in [2.45, 2.75) is 34.2 Å². The molecule has 0 aliphatic heterocycles. The average molecular weight is 470 g/mol. The summed E-state index contributed by atoms with van der Waals surface area (Å²) in [5, 5.41) is 18.1. The topological polar surface area (TPSA) is 73.7 Å². The first-order valence-electron chi connectivity index (χ1n) is 9.64. The summed E-state index contributed by atoms with van der Waals surface area (Å²) in [7, 11) is 0. The van der Waals surface area contributed by atoms with E-state index in [9.17, 15) is 0 Å². The second kappa shape index (κ2) is 10.8. The van der Waals surface area contributed by atoms with Crippen LogP contribution in [-0.2, 0) is 6.54 Å². The Balaban J connectivity index is 0.00000107. The number of nitrogens with zero attached hydrogens (tertiary/aromatic N) is 1. The van der Waals surface area contributed by atoms with Crippen molar-refractivity contribution in [3.05, 3.63) is 97.1 Å². The number of halogens is 2. The standard InChI is InChI=1S/C24H24Cl2N2.CHNS/c1-13-8-17(9-14(2)19(13)12-27)22(23-20(25)6-5-7-21(23)26)18-10-15(3)24(28)16(4)11-18;2-1-3/h5-11,28H,12,27H2,1-4H3;3H. The maximum Gasteiger partial charge on any atom is 0.130 e. The second-order valence-corrected chi connectivity index (χ2v) is 8.36. The summed E-state index contributed by atoms with van der Waals surface area (Å²) < 4.78 is 0. The predicted octanol–water partition coefficient (Wildman–Crippen LogP) is 7.19. The van der Waals surface area contributed by atoms with Gasteiger partial charge in [0.25, 0.3) is 0 Å². The Morgan fingerprint density at radius 3 is 1.90 bits per heavy atom. The Kier molecular flexibility index (Phi) is 8.73. The van der Waals surface area contributed by atoms with Crippen LogP contribution in [0.2, 0.25) is 10.0 Å². The molecule has 0 unspecified atom stereocenters. The van der Waals surface area contributed by atoms with E-state index in [-0.39, 0.29) is 0 Å². The normalized spacial score (nSPS) is 13.0. The molecule has 6 heteroatoms. The monoisotopic (exact) mass is 469 g/mol. The van der Waals surface area contributed by atoms with E-state index in [1.807, 2.05) is 44.2 Å². The van der Waals surface area contributed by atoms with E-state index in [0.29, 0.717) is 22.3 Å². The number of allylic oxidation sites excluding steroid dienone is 5. The van der Waals surface area contributed by atoms with Crippen LogP contribution in [0.3, 0.4) is 0 Å². The van der Waals surface area contributed by atoms with Gasteiger partial charge in [-0.05, 0) is 96.5 Å². The molecule has 0 bridgehead atoms. The molecule has 3 nitrogen and oxygen atoms in total. The van der Waals surface area contributed by atoms with E-state index in [4.69, 9.17) is 39.6 Å². The summed E-state index contributed by atoms with van der Waals surface area (Å²) in [6.45, 7) is 8.57. The first-order valence-corrected chi connectivity index (χ1v) is 10.8. The van der Waals surface area contributed by atoms with Crippen molar-refractivity contribution in [2.75, 3.05) is 0 Å². The molecular weight excluding hydrogens is 445 g/mol. The summed E-state index contributed by atoms with van der Waals surface area (Å²) >= 11 is 16.3. The molecular formula is C25H25Cl2N3S. The molecule has 1 aliphatic rings. The lowest BCUT2D eigenvalue weighted by molar-refractivity contribution is 1.03. The summed E-state index contributed by atoms with van der Waals surface area (Å²) in [6, 6.07) is 9.85. The van der Waals surface area contributed by atoms with Gasteiger partial charge in [0.2, 0.25) is 0 Å². The van der Waals surface area contributed by atoms with Gasteiger partial charge in [-0.15, -0.1) is 0 Å². The van der Waals surface area contributed by atoms with Crippen LogP contribution >= 0.6 is 35.8 Å². The fourth-order valence-electron chi connectivity index (χ4n) is 3.76. The van der Waals surface area contributed by atoms with Crippen molar-refractivity contribution in [1.82, 2.24) is 0 Å². The van der Waals surface area contributed by atoms with Crippen LogP contribution in [0.1, 0.15) is 41.7 Å². The lowest BCUT2D eigenvalue weighted by Gasteiger charge is -2.21. The Morgan fingerprint density at radius 1 is 1.03 bits per heavy atom. The number of aryl methyl sites for hydroxylation is 2. The molecule has 0 saturated carbocycles. The second-order valence-electron chi connectivity index (χ2n) is 7.35. The van der Waals surface area contributed by atoms with Gasteiger partial charge in [-0.1, -0.05) is 54.0 Å². The largest absolute Gasteiger partial charge is 0.326 e. The molecule has 160 valence electrons. The summed E-state index contributed by atoms with van der Waals surface area (Å²) in [6.07, 6.45) is 4.07. The van der Waals surface area contributed by atoms with Crippen molar-refractivity contribution in [3.8, 4) is 5.40 Å². The van der Waals surface area contributed by atoms with Gasteiger partial charge in [0.15, 0.2) is 0 Å². The molecule has 0 atom stereocenters. The number of rotatable bonds is 3. The number of nitrogens with one attached hydrogen (secondary N) is 1. The van der Waals surface area contributed by atoms with Crippen molar-refractivity contribution in [1.29, 1.82) is 10.7 Å². The Morgan fingerprint density at radius 2 is 1.48 bits per heavy atom. The van der Waals surface area contributed by atoms with Gasteiger partial charge in [0.1, 0.15) is 5.40 Å². The van der Waals surface area contributed by atoms with Gasteiger partial charge in [0, 0.05) is 22.2 Å². The number of nitrogens with two attached hydrogens (primary N) is 1. The summed E-state index contributed by atoms with van der Waals surface area (Å²) in [4.78, 5) is 0. The van der Waals surface area contributed by atoms with Crippen LogP contribution in [0, 0.1) is 29.9 Å². The molecule has 0 aromatic heterocycles. The molecule has 3 N–H and O–H groups in total. The number of hydrogen-bond acceptors (Lipinski definition) is 4. The number of benzene rings is 2. The fraction of sp³-hybridized carbons (Fsp3) is 0.200. The van der Waals surface area contributed by atoms with E-state index in [1.54, 1.807) is 0 Å². The van der Waals surface area contributed by atoms with E-state index in [2.05, 4.69) is 38.6 Å². The van der Waals surface area contributed by atoms with E-state index < -0.39 is 0 Å². The van der Waals surface area contributed by atoms with E-state index in [1.165, 1.54) is 5.40 Å². The summed E-state index contributed by atoms with van der Waals surface area (Å²) in [5.74, 6) is 0. The highest BCUT2D eigenvalue weighted by molar-refractivity contribution is 7.85. The highest BCUT2D eigenvalue weighted by Gasteiger charge is 2.20. The molecule has 0 radical (unpaired) electrons. The van der Waals surface area contributed by atoms with Crippen molar-refractivity contribution >= 4 is 47.1 Å². The molecule has 0 fully saturated rings.